The molecular weight excluding hydrogens is 214 g/mol. The van der Waals surface area contributed by atoms with Crippen LogP contribution in [0.1, 0.15) is 11.3 Å². The van der Waals surface area contributed by atoms with Gasteiger partial charge in [-0.1, -0.05) is 12.1 Å². The Bertz CT molecular complexity index is 479. The van der Waals surface area contributed by atoms with Crippen LogP contribution >= 0.6 is 0 Å². The summed E-state index contributed by atoms with van der Waals surface area (Å²) in [4.78, 5) is 0. The van der Waals surface area contributed by atoms with E-state index in [1.54, 1.807) is 0 Å². The van der Waals surface area contributed by atoms with E-state index >= 15 is 0 Å². The van der Waals surface area contributed by atoms with E-state index in [-0.39, 0.29) is 0 Å². The van der Waals surface area contributed by atoms with E-state index in [0.29, 0.717) is 13.2 Å². The number of aromatic nitrogens is 2. The second-order valence-corrected chi connectivity index (χ2v) is 3.92. The standard InChI is InChI=1S/C13H17N3O/c1-11-5-6-16(15-11)7-8-17-13-4-2-3-12(9-13)10-14/h2-6,9H,7-8,10,14H2,1H3. The number of nitrogens with zero attached hydrogens (tertiary/aromatic N) is 2. The van der Waals surface area contributed by atoms with Gasteiger partial charge in [0.05, 0.1) is 12.2 Å². The van der Waals surface area contributed by atoms with Gasteiger partial charge in [-0.15, -0.1) is 0 Å². The van der Waals surface area contributed by atoms with Crippen LogP contribution in [0.2, 0.25) is 0 Å². The highest BCUT2D eigenvalue weighted by molar-refractivity contribution is 5.28. The molecular formula is C13H17N3O. The van der Waals surface area contributed by atoms with Crippen LogP contribution in [0, 0.1) is 6.92 Å². The molecule has 0 atom stereocenters. The highest BCUT2D eigenvalue weighted by atomic mass is 16.5. The van der Waals surface area contributed by atoms with Crippen molar-refractivity contribution in [1.29, 1.82) is 0 Å². The summed E-state index contributed by atoms with van der Waals surface area (Å²) in [5, 5.41) is 4.29. The lowest BCUT2D eigenvalue weighted by molar-refractivity contribution is 0.291. The number of hydrogen-bond donors (Lipinski definition) is 1. The Kier molecular flexibility index (Phi) is 3.77. The number of nitrogens with two attached hydrogens (primary N) is 1. The highest BCUT2D eigenvalue weighted by Gasteiger charge is 1.97. The third kappa shape index (κ3) is 3.32. The van der Waals surface area contributed by atoms with Crippen LogP contribution in [0.25, 0.3) is 0 Å². The fraction of sp³-hybridized carbons (Fsp3) is 0.308. The van der Waals surface area contributed by atoms with Gasteiger partial charge in [-0.25, -0.2) is 0 Å². The molecule has 1 aromatic heterocycles. The van der Waals surface area contributed by atoms with Crippen LogP contribution in [-0.2, 0) is 13.1 Å². The second-order valence-electron chi connectivity index (χ2n) is 3.92. The van der Waals surface area contributed by atoms with Crippen LogP contribution in [0.5, 0.6) is 5.75 Å². The first-order valence-corrected chi connectivity index (χ1v) is 5.70. The van der Waals surface area contributed by atoms with E-state index in [1.807, 2.05) is 48.1 Å². The fourth-order valence-corrected chi connectivity index (χ4v) is 1.61. The molecule has 0 unspecified atom stereocenters. The van der Waals surface area contributed by atoms with Crippen molar-refractivity contribution in [3.63, 3.8) is 0 Å². The van der Waals surface area contributed by atoms with Crippen molar-refractivity contribution in [2.45, 2.75) is 20.0 Å². The first kappa shape index (κ1) is 11.7. The molecule has 2 aromatic rings. The molecule has 0 radical (unpaired) electrons. The summed E-state index contributed by atoms with van der Waals surface area (Å²) >= 11 is 0. The van der Waals surface area contributed by atoms with Crippen molar-refractivity contribution < 1.29 is 4.74 Å². The molecule has 4 nitrogen and oxygen atoms in total. The van der Waals surface area contributed by atoms with Gasteiger partial charge in [0.2, 0.25) is 0 Å². The van der Waals surface area contributed by atoms with Crippen LogP contribution < -0.4 is 10.5 Å². The molecule has 1 heterocycles. The first-order chi connectivity index (χ1) is 8.28. The lowest BCUT2D eigenvalue weighted by atomic mass is 10.2. The van der Waals surface area contributed by atoms with E-state index in [9.17, 15) is 0 Å². The van der Waals surface area contributed by atoms with Crippen LogP contribution in [0.3, 0.4) is 0 Å². The molecule has 90 valence electrons. The Labute approximate surface area is 101 Å². The smallest absolute Gasteiger partial charge is 0.119 e. The largest absolute Gasteiger partial charge is 0.492 e. The molecule has 2 rings (SSSR count). The normalized spacial score (nSPS) is 10.5. The summed E-state index contributed by atoms with van der Waals surface area (Å²) in [7, 11) is 0. The molecule has 0 spiro atoms. The highest BCUT2D eigenvalue weighted by Crippen LogP contribution is 2.12. The van der Waals surface area contributed by atoms with Gasteiger partial charge in [0, 0.05) is 12.7 Å². The Morgan fingerprint density at radius 3 is 2.94 bits per heavy atom. The third-order valence-electron chi connectivity index (χ3n) is 2.50. The average molecular weight is 231 g/mol. The minimum absolute atomic E-state index is 0.537. The number of aryl methyl sites for hydroxylation is 1. The van der Waals surface area contributed by atoms with E-state index < -0.39 is 0 Å². The average Bonchev–Trinajstić information content (AvgIpc) is 2.75. The molecule has 0 aliphatic carbocycles. The zero-order valence-electron chi connectivity index (χ0n) is 9.97. The molecule has 2 N–H and O–H groups in total. The summed E-state index contributed by atoms with van der Waals surface area (Å²) in [6, 6.07) is 9.83. The zero-order chi connectivity index (χ0) is 12.1. The van der Waals surface area contributed by atoms with Crippen LogP contribution in [-0.4, -0.2) is 16.4 Å². The van der Waals surface area contributed by atoms with Gasteiger partial charge in [0.1, 0.15) is 12.4 Å². The van der Waals surface area contributed by atoms with Crippen molar-refractivity contribution in [2.75, 3.05) is 6.61 Å². The van der Waals surface area contributed by atoms with Gasteiger partial charge in [0.25, 0.3) is 0 Å². The first-order valence-electron chi connectivity index (χ1n) is 5.70. The third-order valence-corrected chi connectivity index (χ3v) is 2.50. The lowest BCUT2D eigenvalue weighted by Crippen LogP contribution is -2.09. The molecule has 4 heteroatoms. The van der Waals surface area contributed by atoms with Gasteiger partial charge in [-0.2, -0.15) is 5.10 Å². The van der Waals surface area contributed by atoms with Crippen molar-refractivity contribution in [2.24, 2.45) is 5.73 Å². The molecule has 1 aromatic carbocycles. The van der Waals surface area contributed by atoms with Gasteiger partial charge >= 0.3 is 0 Å². The Morgan fingerprint density at radius 2 is 2.24 bits per heavy atom. The summed E-state index contributed by atoms with van der Waals surface area (Å²) in [6.07, 6.45) is 1.95. The van der Waals surface area contributed by atoms with E-state index in [1.165, 1.54) is 0 Å². The predicted molar refractivity (Wildman–Crippen MR) is 66.8 cm³/mol. The molecule has 0 saturated carbocycles. The predicted octanol–water partition coefficient (Wildman–Crippen LogP) is 1.73. The van der Waals surface area contributed by atoms with Gasteiger partial charge in [-0.3, -0.25) is 4.68 Å². The summed E-state index contributed by atoms with van der Waals surface area (Å²) < 4.78 is 7.52. The zero-order valence-corrected chi connectivity index (χ0v) is 9.97. The Morgan fingerprint density at radius 1 is 1.35 bits per heavy atom. The summed E-state index contributed by atoms with van der Waals surface area (Å²) in [5.74, 6) is 0.858. The minimum atomic E-state index is 0.537. The maximum atomic E-state index is 5.65. The van der Waals surface area contributed by atoms with Gasteiger partial charge in [-0.05, 0) is 30.7 Å². The van der Waals surface area contributed by atoms with Crippen molar-refractivity contribution in [3.8, 4) is 5.75 Å². The topological polar surface area (TPSA) is 53.1 Å². The number of hydrogen-bond acceptors (Lipinski definition) is 3. The lowest BCUT2D eigenvalue weighted by Gasteiger charge is -2.07. The summed E-state index contributed by atoms with van der Waals surface area (Å²) in [6.45, 7) is 3.87. The molecule has 0 saturated heterocycles. The Balaban J connectivity index is 1.85. The maximum absolute atomic E-state index is 5.65. The molecule has 17 heavy (non-hydrogen) atoms. The number of rotatable bonds is 5. The number of ether oxygens (including phenoxy) is 1. The van der Waals surface area contributed by atoms with E-state index in [2.05, 4.69) is 5.10 Å². The molecule has 0 fully saturated rings. The van der Waals surface area contributed by atoms with E-state index in [0.717, 1.165) is 23.6 Å². The summed E-state index contributed by atoms with van der Waals surface area (Å²) in [5.41, 5.74) is 7.68. The van der Waals surface area contributed by atoms with Crippen molar-refractivity contribution in [1.82, 2.24) is 9.78 Å². The van der Waals surface area contributed by atoms with E-state index in [4.69, 9.17) is 10.5 Å². The molecule has 0 aliphatic rings. The SMILES string of the molecule is Cc1ccn(CCOc2cccc(CN)c2)n1. The second kappa shape index (κ2) is 5.50. The van der Waals surface area contributed by atoms with Crippen LogP contribution in [0.15, 0.2) is 36.5 Å². The van der Waals surface area contributed by atoms with Crippen molar-refractivity contribution in [3.05, 3.63) is 47.8 Å². The molecule has 0 amide bonds. The van der Waals surface area contributed by atoms with Gasteiger partial charge < -0.3 is 10.5 Å². The quantitative estimate of drug-likeness (QED) is 0.852. The monoisotopic (exact) mass is 231 g/mol. The maximum Gasteiger partial charge on any atom is 0.119 e. The van der Waals surface area contributed by atoms with Gasteiger partial charge in [0.15, 0.2) is 0 Å². The van der Waals surface area contributed by atoms with Crippen LogP contribution in [0.4, 0.5) is 0 Å². The minimum Gasteiger partial charge on any atom is -0.492 e. The fourth-order valence-electron chi connectivity index (χ4n) is 1.61. The number of benzene rings is 1. The van der Waals surface area contributed by atoms with Crippen molar-refractivity contribution >= 4 is 0 Å². The Hall–Kier alpha value is -1.81. The molecule has 0 aliphatic heterocycles. The molecule has 0 bridgehead atoms.